The van der Waals surface area contributed by atoms with Crippen molar-refractivity contribution >= 4 is 0 Å². The number of ether oxygens (including phenoxy) is 2. The Morgan fingerprint density at radius 1 is 1.05 bits per heavy atom. The summed E-state index contributed by atoms with van der Waals surface area (Å²) in [5, 5.41) is 9.92. The third-order valence-corrected chi connectivity index (χ3v) is 8.72. The average molecular weight is 559 g/mol. The first-order chi connectivity index (χ1) is 20.0. The highest BCUT2D eigenvalue weighted by Crippen LogP contribution is 2.34. The van der Waals surface area contributed by atoms with E-state index in [1.807, 2.05) is 18.2 Å². The molecule has 1 fully saturated rings. The van der Waals surface area contributed by atoms with Crippen LogP contribution in [-0.2, 0) is 24.1 Å². The van der Waals surface area contributed by atoms with E-state index in [9.17, 15) is 5.11 Å². The van der Waals surface area contributed by atoms with Gasteiger partial charge >= 0.3 is 0 Å². The van der Waals surface area contributed by atoms with E-state index < -0.39 is 0 Å². The van der Waals surface area contributed by atoms with Crippen LogP contribution < -0.4 is 4.74 Å². The Bertz CT molecular complexity index is 1180. The minimum Gasteiger partial charge on any atom is -0.508 e. The molecule has 1 heterocycles. The quantitative estimate of drug-likeness (QED) is 0.165. The predicted molar refractivity (Wildman–Crippen MR) is 169 cm³/mol. The molecular weight excluding hydrogens is 508 g/mol. The van der Waals surface area contributed by atoms with Gasteiger partial charge in [0, 0.05) is 32.3 Å². The Balaban J connectivity index is 1.42. The van der Waals surface area contributed by atoms with E-state index in [1.54, 1.807) is 7.11 Å². The van der Waals surface area contributed by atoms with Crippen molar-refractivity contribution in [3.8, 4) is 11.5 Å². The van der Waals surface area contributed by atoms with E-state index in [0.29, 0.717) is 18.1 Å². The summed E-state index contributed by atoms with van der Waals surface area (Å²) >= 11 is 0. The number of benzene rings is 2. The molecule has 1 saturated heterocycles. The summed E-state index contributed by atoms with van der Waals surface area (Å²) in [6.45, 7) is 11.1. The third kappa shape index (κ3) is 9.16. The molecule has 2 aromatic carbocycles. The number of likely N-dealkylation sites (N-methyl/N-ethyl adjacent to an activating group) is 1. The van der Waals surface area contributed by atoms with Crippen LogP contribution in [0.3, 0.4) is 0 Å². The number of aromatic hydroxyl groups is 1. The van der Waals surface area contributed by atoms with E-state index in [4.69, 9.17) is 9.47 Å². The molecule has 1 aliphatic heterocycles. The minimum absolute atomic E-state index is 0.358. The lowest BCUT2D eigenvalue weighted by Gasteiger charge is -2.30. The monoisotopic (exact) mass is 558 g/mol. The van der Waals surface area contributed by atoms with Crippen molar-refractivity contribution in [1.82, 2.24) is 9.80 Å². The zero-order chi connectivity index (χ0) is 29.0. The summed E-state index contributed by atoms with van der Waals surface area (Å²) in [7, 11) is 3.90. The van der Waals surface area contributed by atoms with Crippen LogP contribution in [0, 0.1) is 5.92 Å². The topological polar surface area (TPSA) is 45.2 Å². The standard InChI is InChI=1S/C36H50N2O3/c1-5-11-35(40-4)26-36(28(2)30-14-15-32-25-33(39)17-16-31(32)24-30)37(3)27-29-12-18-34(19-13-29)41-23-22-38-20-9-7-6-8-10-21-38/h5,12-13,16-19,25-26,30,39H,1,6-11,14-15,20-24,27H2,2-4H3/b35-26+,36-28-. The summed E-state index contributed by atoms with van der Waals surface area (Å²) in [6.07, 6.45) is 14.5. The van der Waals surface area contributed by atoms with Crippen LogP contribution in [0.25, 0.3) is 0 Å². The van der Waals surface area contributed by atoms with Gasteiger partial charge in [0.05, 0.1) is 7.11 Å². The molecule has 2 aliphatic rings. The van der Waals surface area contributed by atoms with Crippen LogP contribution >= 0.6 is 0 Å². The maximum Gasteiger partial charge on any atom is 0.119 e. The average Bonchev–Trinajstić information content (AvgIpc) is 2.96. The lowest BCUT2D eigenvalue weighted by atomic mass is 9.79. The van der Waals surface area contributed by atoms with Gasteiger partial charge in [-0.25, -0.2) is 0 Å². The van der Waals surface area contributed by atoms with Gasteiger partial charge in [0.25, 0.3) is 0 Å². The lowest BCUT2D eigenvalue weighted by molar-refractivity contribution is 0.195. The van der Waals surface area contributed by atoms with Gasteiger partial charge in [0.15, 0.2) is 0 Å². The van der Waals surface area contributed by atoms with Gasteiger partial charge in [-0.3, -0.25) is 4.90 Å². The second-order valence-electron chi connectivity index (χ2n) is 11.7. The summed E-state index contributed by atoms with van der Waals surface area (Å²) in [5.74, 6) is 2.64. The van der Waals surface area contributed by atoms with Crippen molar-refractivity contribution < 1.29 is 14.6 Å². The van der Waals surface area contributed by atoms with Gasteiger partial charge in [0.2, 0.25) is 0 Å². The zero-order valence-electron chi connectivity index (χ0n) is 25.5. The third-order valence-electron chi connectivity index (χ3n) is 8.72. The molecule has 5 heteroatoms. The zero-order valence-corrected chi connectivity index (χ0v) is 25.5. The van der Waals surface area contributed by atoms with Crippen molar-refractivity contribution in [2.45, 2.75) is 71.3 Å². The fourth-order valence-electron chi connectivity index (χ4n) is 6.22. The molecule has 0 spiro atoms. The molecule has 222 valence electrons. The van der Waals surface area contributed by atoms with Crippen LogP contribution in [0.1, 0.15) is 68.6 Å². The summed E-state index contributed by atoms with van der Waals surface area (Å²) in [6, 6.07) is 14.4. The van der Waals surface area contributed by atoms with Crippen molar-refractivity contribution in [3.05, 3.63) is 94.9 Å². The van der Waals surface area contributed by atoms with E-state index >= 15 is 0 Å². The highest BCUT2D eigenvalue weighted by atomic mass is 16.5. The lowest BCUT2D eigenvalue weighted by Crippen LogP contribution is -2.31. The largest absolute Gasteiger partial charge is 0.508 e. The van der Waals surface area contributed by atoms with E-state index in [1.165, 1.54) is 73.2 Å². The first-order valence-electron chi connectivity index (χ1n) is 15.5. The first kappa shape index (κ1) is 30.8. The first-order valence-corrected chi connectivity index (χ1v) is 15.5. The fourth-order valence-corrected chi connectivity index (χ4v) is 6.22. The number of hydrogen-bond donors (Lipinski definition) is 1. The van der Waals surface area contributed by atoms with Gasteiger partial charge in [0.1, 0.15) is 23.9 Å². The summed E-state index contributed by atoms with van der Waals surface area (Å²) in [5.41, 5.74) is 6.42. The molecule has 1 N–H and O–H groups in total. The summed E-state index contributed by atoms with van der Waals surface area (Å²) in [4.78, 5) is 4.89. The Morgan fingerprint density at radius 2 is 1.78 bits per heavy atom. The number of hydrogen-bond acceptors (Lipinski definition) is 5. The van der Waals surface area contributed by atoms with Crippen molar-refractivity contribution in [2.24, 2.45) is 5.92 Å². The van der Waals surface area contributed by atoms with Crippen LogP contribution in [0.2, 0.25) is 0 Å². The number of methoxy groups -OCH3 is 1. The van der Waals surface area contributed by atoms with Crippen molar-refractivity contribution in [3.63, 3.8) is 0 Å². The predicted octanol–water partition coefficient (Wildman–Crippen LogP) is 7.65. The highest BCUT2D eigenvalue weighted by Gasteiger charge is 2.23. The number of rotatable bonds is 12. The number of fused-ring (bicyclic) bond motifs is 1. The molecule has 0 amide bonds. The SMILES string of the molecule is C=CC/C(=C\C(=C(/C)C1CCc2cc(O)ccc2C1)N(C)Cc1ccc(OCCN2CCCCCCC2)cc1)OC. The fraction of sp³-hybridized carbons (Fsp3) is 0.500. The van der Waals surface area contributed by atoms with E-state index in [0.717, 1.165) is 50.5 Å². The van der Waals surface area contributed by atoms with Gasteiger partial charge < -0.3 is 19.5 Å². The normalized spacial score (nSPS) is 18.9. The molecular formula is C36H50N2O3. The Labute approximate surface area is 248 Å². The van der Waals surface area contributed by atoms with E-state index in [2.05, 4.69) is 66.8 Å². The van der Waals surface area contributed by atoms with Gasteiger partial charge in [-0.05, 0) is 111 Å². The Kier molecular flexibility index (Phi) is 11.8. The molecule has 0 radical (unpaired) electrons. The number of phenols is 1. The van der Waals surface area contributed by atoms with Crippen molar-refractivity contribution in [1.29, 1.82) is 0 Å². The summed E-state index contributed by atoms with van der Waals surface area (Å²) < 4.78 is 11.8. The molecule has 0 aromatic heterocycles. The van der Waals surface area contributed by atoms with Crippen LogP contribution in [0.5, 0.6) is 11.5 Å². The minimum atomic E-state index is 0.358. The van der Waals surface area contributed by atoms with Crippen LogP contribution in [-0.4, -0.2) is 55.3 Å². The molecule has 1 unspecified atom stereocenters. The molecule has 1 aliphatic carbocycles. The Morgan fingerprint density at radius 3 is 2.49 bits per heavy atom. The molecule has 4 rings (SSSR count). The number of phenolic OH excluding ortho intramolecular Hbond substituents is 1. The van der Waals surface area contributed by atoms with Gasteiger partial charge in [-0.1, -0.05) is 43.5 Å². The number of likely N-dealkylation sites (tertiary alicyclic amines) is 1. The van der Waals surface area contributed by atoms with E-state index in [-0.39, 0.29) is 0 Å². The maximum absolute atomic E-state index is 9.92. The maximum atomic E-state index is 9.92. The molecule has 2 aromatic rings. The number of nitrogens with zero attached hydrogens (tertiary/aromatic N) is 2. The molecule has 0 saturated carbocycles. The highest BCUT2D eigenvalue weighted by molar-refractivity contribution is 5.39. The number of allylic oxidation sites excluding steroid dienone is 3. The van der Waals surface area contributed by atoms with Crippen LogP contribution in [0.15, 0.2) is 78.2 Å². The molecule has 0 bridgehead atoms. The smallest absolute Gasteiger partial charge is 0.119 e. The van der Waals surface area contributed by atoms with Crippen LogP contribution in [0.4, 0.5) is 0 Å². The molecule has 5 nitrogen and oxygen atoms in total. The Hall–Kier alpha value is -3.18. The second kappa shape index (κ2) is 15.7. The van der Waals surface area contributed by atoms with Gasteiger partial charge in [-0.2, -0.15) is 0 Å². The van der Waals surface area contributed by atoms with Gasteiger partial charge in [-0.15, -0.1) is 6.58 Å². The molecule has 41 heavy (non-hydrogen) atoms. The van der Waals surface area contributed by atoms with Crippen molar-refractivity contribution in [2.75, 3.05) is 40.4 Å². The molecule has 1 atom stereocenters. The number of aryl methyl sites for hydroxylation is 1. The second-order valence-corrected chi connectivity index (χ2v) is 11.7.